The van der Waals surface area contributed by atoms with E-state index in [-0.39, 0.29) is 4.99 Å². The Kier molecular flexibility index (Phi) is 7.52. The minimum atomic E-state index is -1.18. The summed E-state index contributed by atoms with van der Waals surface area (Å²) in [4.78, 5) is 0.290. The van der Waals surface area contributed by atoms with E-state index >= 15 is 0 Å². The smallest absolute Gasteiger partial charge is 0.212 e. The Morgan fingerprint density at radius 2 is 1.80 bits per heavy atom. The van der Waals surface area contributed by atoms with Crippen LogP contribution in [0.25, 0.3) is 11.3 Å². The van der Waals surface area contributed by atoms with Crippen molar-refractivity contribution in [2.75, 3.05) is 6.61 Å². The van der Waals surface area contributed by atoms with Gasteiger partial charge in [0.05, 0.1) is 11.3 Å². The van der Waals surface area contributed by atoms with Crippen LogP contribution in [0.2, 0.25) is 25.7 Å². The standard InChI is InChI=1S/C23H27BrN2O2SSi/c1-30(2,3)13-12-27-16-26-21(17-8-7-9-18(24)14-17)15-20(22(25)29)23(26)28-19-10-5-4-6-11-19/h4-11,14-15H,12-13,16H2,1-3H3,(H2,25,29). The zero-order chi connectivity index (χ0) is 21.7. The SMILES string of the molecule is C[Si](C)(C)CCOCn1c(-c2cccc(Br)c2)cc(C(N)=S)c1Oc1ccccc1. The summed E-state index contributed by atoms with van der Waals surface area (Å²) in [7, 11) is -1.18. The number of thiocarbonyl (C=S) groups is 1. The van der Waals surface area contributed by atoms with Gasteiger partial charge >= 0.3 is 0 Å². The molecule has 0 aliphatic carbocycles. The topological polar surface area (TPSA) is 49.4 Å². The number of ether oxygens (including phenoxy) is 2. The van der Waals surface area contributed by atoms with Gasteiger partial charge in [0.1, 0.15) is 17.5 Å². The molecule has 0 bridgehead atoms. The van der Waals surface area contributed by atoms with Gasteiger partial charge in [-0.15, -0.1) is 0 Å². The molecule has 0 spiro atoms. The maximum Gasteiger partial charge on any atom is 0.212 e. The van der Waals surface area contributed by atoms with Crippen LogP contribution in [-0.2, 0) is 11.5 Å². The zero-order valence-corrected chi connectivity index (χ0v) is 20.9. The molecule has 7 heteroatoms. The van der Waals surface area contributed by atoms with Crippen LogP contribution in [0, 0.1) is 0 Å². The fourth-order valence-electron chi connectivity index (χ4n) is 2.97. The van der Waals surface area contributed by atoms with Gasteiger partial charge in [-0.25, -0.2) is 0 Å². The van der Waals surface area contributed by atoms with Crippen LogP contribution in [0.5, 0.6) is 11.6 Å². The first-order valence-corrected chi connectivity index (χ1v) is 14.8. The average molecular weight is 504 g/mol. The summed E-state index contributed by atoms with van der Waals surface area (Å²) in [5, 5.41) is 0. The lowest BCUT2D eigenvalue weighted by molar-refractivity contribution is 0.0840. The van der Waals surface area contributed by atoms with Gasteiger partial charge in [0.15, 0.2) is 0 Å². The molecule has 0 unspecified atom stereocenters. The van der Waals surface area contributed by atoms with Crippen LogP contribution in [0.3, 0.4) is 0 Å². The summed E-state index contributed by atoms with van der Waals surface area (Å²) in [6, 6.07) is 20.8. The van der Waals surface area contributed by atoms with Crippen LogP contribution < -0.4 is 10.5 Å². The van der Waals surface area contributed by atoms with E-state index in [4.69, 9.17) is 27.4 Å². The van der Waals surface area contributed by atoms with Crippen molar-refractivity contribution in [2.45, 2.75) is 32.4 Å². The normalized spacial score (nSPS) is 11.5. The van der Waals surface area contributed by atoms with E-state index < -0.39 is 8.07 Å². The fourth-order valence-corrected chi connectivity index (χ4v) is 4.27. The largest absolute Gasteiger partial charge is 0.440 e. The van der Waals surface area contributed by atoms with Crippen LogP contribution in [-0.4, -0.2) is 24.2 Å². The van der Waals surface area contributed by atoms with Crippen molar-refractivity contribution in [3.8, 4) is 22.9 Å². The molecule has 0 aliphatic rings. The van der Waals surface area contributed by atoms with Gasteiger partial charge in [-0.1, -0.05) is 78.1 Å². The van der Waals surface area contributed by atoms with Gasteiger partial charge in [0, 0.05) is 19.2 Å². The third kappa shape index (κ3) is 6.04. The highest BCUT2D eigenvalue weighted by Gasteiger charge is 2.21. The molecular formula is C23H27BrN2O2SSi. The van der Waals surface area contributed by atoms with Gasteiger partial charge in [-0.2, -0.15) is 0 Å². The average Bonchev–Trinajstić information content (AvgIpc) is 3.04. The lowest BCUT2D eigenvalue weighted by Crippen LogP contribution is -2.22. The maximum atomic E-state index is 6.24. The molecule has 1 aromatic heterocycles. The van der Waals surface area contributed by atoms with E-state index in [0.29, 0.717) is 24.8 Å². The second-order valence-corrected chi connectivity index (χ2v) is 15.3. The molecule has 0 aliphatic heterocycles. The number of hydrogen-bond acceptors (Lipinski definition) is 3. The first kappa shape index (κ1) is 22.7. The van der Waals surface area contributed by atoms with Crippen molar-refractivity contribution in [1.82, 2.24) is 4.57 Å². The fraction of sp³-hybridized carbons (Fsp3) is 0.261. The molecule has 0 radical (unpaired) electrons. The van der Waals surface area contributed by atoms with E-state index in [1.165, 1.54) is 0 Å². The molecule has 3 rings (SSSR count). The lowest BCUT2D eigenvalue weighted by Gasteiger charge is -2.18. The van der Waals surface area contributed by atoms with Gasteiger partial charge in [0.2, 0.25) is 5.88 Å². The Morgan fingerprint density at radius 1 is 1.07 bits per heavy atom. The molecular weight excluding hydrogens is 476 g/mol. The van der Waals surface area contributed by atoms with E-state index in [2.05, 4.69) is 41.6 Å². The molecule has 2 N–H and O–H groups in total. The molecule has 2 aromatic carbocycles. The quantitative estimate of drug-likeness (QED) is 0.202. The van der Waals surface area contributed by atoms with E-state index in [1.54, 1.807) is 0 Å². The number of rotatable bonds is 9. The lowest BCUT2D eigenvalue weighted by atomic mass is 10.1. The molecule has 0 saturated carbocycles. The van der Waals surface area contributed by atoms with Crippen molar-refractivity contribution in [1.29, 1.82) is 0 Å². The Hall–Kier alpha value is -1.93. The minimum Gasteiger partial charge on any atom is -0.440 e. The van der Waals surface area contributed by atoms with Crippen LogP contribution >= 0.6 is 28.1 Å². The monoisotopic (exact) mass is 502 g/mol. The van der Waals surface area contributed by atoms with Crippen molar-refractivity contribution < 1.29 is 9.47 Å². The van der Waals surface area contributed by atoms with Gasteiger partial charge in [-0.05, 0) is 41.9 Å². The highest BCUT2D eigenvalue weighted by Crippen LogP contribution is 2.35. The number of nitrogens with two attached hydrogens (primary N) is 1. The van der Waals surface area contributed by atoms with E-state index in [1.807, 2.05) is 59.2 Å². The zero-order valence-electron chi connectivity index (χ0n) is 17.5. The van der Waals surface area contributed by atoms with Crippen LogP contribution in [0.4, 0.5) is 0 Å². The Bertz CT molecular complexity index is 1020. The van der Waals surface area contributed by atoms with Crippen LogP contribution in [0.1, 0.15) is 5.56 Å². The molecule has 0 saturated heterocycles. The van der Waals surface area contributed by atoms with Gasteiger partial charge in [-0.3, -0.25) is 4.57 Å². The first-order valence-electron chi connectivity index (χ1n) is 9.84. The summed E-state index contributed by atoms with van der Waals surface area (Å²) in [6.45, 7) is 8.09. The summed E-state index contributed by atoms with van der Waals surface area (Å²) in [6.07, 6.45) is 0. The summed E-state index contributed by atoms with van der Waals surface area (Å²) in [5.41, 5.74) is 8.73. The first-order chi connectivity index (χ1) is 14.2. The minimum absolute atomic E-state index is 0.290. The number of aromatic nitrogens is 1. The Labute approximate surface area is 193 Å². The predicted molar refractivity (Wildman–Crippen MR) is 134 cm³/mol. The van der Waals surface area contributed by atoms with Crippen molar-refractivity contribution >= 4 is 41.2 Å². The summed E-state index contributed by atoms with van der Waals surface area (Å²) in [5.74, 6) is 1.31. The summed E-state index contributed by atoms with van der Waals surface area (Å²) < 4.78 is 15.3. The van der Waals surface area contributed by atoms with Crippen molar-refractivity contribution in [2.24, 2.45) is 5.73 Å². The Morgan fingerprint density at radius 3 is 2.43 bits per heavy atom. The number of hydrogen-bond donors (Lipinski definition) is 1. The molecule has 3 aromatic rings. The predicted octanol–water partition coefficient (Wildman–Crippen LogP) is 6.66. The second-order valence-electron chi connectivity index (χ2n) is 8.31. The third-order valence-corrected chi connectivity index (χ3v) is 7.03. The van der Waals surface area contributed by atoms with Crippen molar-refractivity contribution in [3.63, 3.8) is 0 Å². The summed E-state index contributed by atoms with van der Waals surface area (Å²) >= 11 is 8.90. The number of halogens is 1. The van der Waals surface area contributed by atoms with E-state index in [9.17, 15) is 0 Å². The number of benzene rings is 2. The highest BCUT2D eigenvalue weighted by atomic mass is 79.9. The van der Waals surface area contributed by atoms with Crippen LogP contribution in [0.15, 0.2) is 65.1 Å². The molecule has 158 valence electrons. The molecule has 1 heterocycles. The highest BCUT2D eigenvalue weighted by molar-refractivity contribution is 9.10. The van der Waals surface area contributed by atoms with Gasteiger partial charge in [0.25, 0.3) is 0 Å². The second kappa shape index (κ2) is 9.92. The third-order valence-electron chi connectivity index (χ3n) is 4.61. The van der Waals surface area contributed by atoms with E-state index in [0.717, 1.165) is 27.5 Å². The molecule has 0 atom stereocenters. The number of nitrogens with zero attached hydrogens (tertiary/aromatic N) is 1. The van der Waals surface area contributed by atoms with Crippen molar-refractivity contribution in [3.05, 3.63) is 70.7 Å². The molecule has 0 fully saturated rings. The number of para-hydroxylation sites is 1. The van der Waals surface area contributed by atoms with Gasteiger partial charge < -0.3 is 15.2 Å². The molecule has 0 amide bonds. The maximum absolute atomic E-state index is 6.24. The Balaban J connectivity index is 2.02. The molecule has 4 nitrogen and oxygen atoms in total. The molecule has 30 heavy (non-hydrogen) atoms.